The summed E-state index contributed by atoms with van der Waals surface area (Å²) in [7, 11) is 1.83. The first-order valence-corrected chi connectivity index (χ1v) is 6.83. The Labute approximate surface area is 111 Å². The van der Waals surface area contributed by atoms with E-state index in [-0.39, 0.29) is 0 Å². The van der Waals surface area contributed by atoms with Crippen molar-refractivity contribution in [2.45, 2.75) is 10.1 Å². The minimum Gasteiger partial charge on any atom is -0.383 e. The Morgan fingerprint density at radius 2 is 2.33 bits per heavy atom. The number of rotatable bonds is 3. The highest BCUT2D eigenvalue weighted by atomic mass is 32.2. The highest BCUT2D eigenvalue weighted by Gasteiger charge is 2.10. The van der Waals surface area contributed by atoms with Gasteiger partial charge in [0.15, 0.2) is 9.99 Å². The predicted octanol–water partition coefficient (Wildman–Crippen LogP) is 1.09. The maximum absolute atomic E-state index is 5.88. The van der Waals surface area contributed by atoms with Gasteiger partial charge in [-0.2, -0.15) is 9.47 Å². The molecule has 2 N–H and O–H groups in total. The standard InChI is InChI=1S/C9H9N7S2/c1-16-8-5(2-12-16)7(10)14-6(15-8)3-17-9-11-4-13-18-9/h2,4H,3H2,1H3,(H2,10,14,15). The third-order valence-corrected chi connectivity index (χ3v) is 4.13. The van der Waals surface area contributed by atoms with Crippen LogP contribution in [-0.2, 0) is 12.8 Å². The Bertz CT molecular complexity index is 676. The number of nitrogens with two attached hydrogens (primary N) is 1. The largest absolute Gasteiger partial charge is 0.383 e. The molecular formula is C9H9N7S2. The number of hydrogen-bond acceptors (Lipinski definition) is 8. The van der Waals surface area contributed by atoms with E-state index in [4.69, 9.17) is 5.73 Å². The van der Waals surface area contributed by atoms with Gasteiger partial charge in [0, 0.05) is 7.05 Å². The van der Waals surface area contributed by atoms with Crippen LogP contribution >= 0.6 is 23.3 Å². The molecule has 0 aliphatic rings. The second-order valence-corrected chi connectivity index (χ2v) is 5.53. The van der Waals surface area contributed by atoms with Crippen molar-refractivity contribution in [3.05, 3.63) is 18.3 Å². The molecule has 7 nitrogen and oxygen atoms in total. The van der Waals surface area contributed by atoms with Gasteiger partial charge in [0.2, 0.25) is 0 Å². The molecule has 0 amide bonds. The molecule has 0 aliphatic carbocycles. The molecule has 0 bridgehead atoms. The lowest BCUT2D eigenvalue weighted by Crippen LogP contribution is -2.01. The van der Waals surface area contributed by atoms with Crippen molar-refractivity contribution in [1.29, 1.82) is 0 Å². The number of aryl methyl sites for hydroxylation is 1. The average Bonchev–Trinajstić information content (AvgIpc) is 2.98. The first-order chi connectivity index (χ1) is 8.74. The first kappa shape index (κ1) is 11.4. The molecule has 0 aliphatic heterocycles. The van der Waals surface area contributed by atoms with Crippen molar-refractivity contribution in [2.75, 3.05) is 5.73 Å². The summed E-state index contributed by atoms with van der Waals surface area (Å²) in [6.07, 6.45) is 3.21. The first-order valence-electron chi connectivity index (χ1n) is 5.07. The fraction of sp³-hybridized carbons (Fsp3) is 0.222. The van der Waals surface area contributed by atoms with Gasteiger partial charge < -0.3 is 5.73 Å². The fourth-order valence-electron chi connectivity index (χ4n) is 1.51. The van der Waals surface area contributed by atoms with Crippen molar-refractivity contribution in [2.24, 2.45) is 7.05 Å². The predicted molar refractivity (Wildman–Crippen MR) is 70.2 cm³/mol. The van der Waals surface area contributed by atoms with Crippen LogP contribution in [0.3, 0.4) is 0 Å². The minimum absolute atomic E-state index is 0.459. The number of aromatic nitrogens is 6. The molecule has 0 aromatic carbocycles. The third-order valence-electron chi connectivity index (χ3n) is 2.33. The summed E-state index contributed by atoms with van der Waals surface area (Å²) in [5.74, 6) is 1.74. The molecular weight excluding hydrogens is 270 g/mol. The second-order valence-electron chi connectivity index (χ2n) is 3.53. The van der Waals surface area contributed by atoms with Crippen LogP contribution in [0, 0.1) is 0 Å². The number of anilines is 1. The van der Waals surface area contributed by atoms with Gasteiger partial charge in [0.1, 0.15) is 18.0 Å². The van der Waals surface area contributed by atoms with Gasteiger partial charge in [-0.15, -0.1) is 0 Å². The van der Waals surface area contributed by atoms with E-state index in [0.717, 1.165) is 15.4 Å². The van der Waals surface area contributed by atoms with Gasteiger partial charge in [-0.05, 0) is 11.5 Å². The minimum atomic E-state index is 0.459. The van der Waals surface area contributed by atoms with E-state index in [1.165, 1.54) is 17.9 Å². The Kier molecular flexibility index (Phi) is 2.84. The Morgan fingerprint density at radius 3 is 3.11 bits per heavy atom. The molecule has 0 fully saturated rings. The van der Waals surface area contributed by atoms with Crippen molar-refractivity contribution >= 4 is 40.1 Å². The molecule has 3 heterocycles. The third kappa shape index (κ3) is 2.02. The van der Waals surface area contributed by atoms with Crippen molar-refractivity contribution in [3.63, 3.8) is 0 Å². The average molecular weight is 279 g/mol. The summed E-state index contributed by atoms with van der Waals surface area (Å²) in [4.78, 5) is 12.8. The van der Waals surface area contributed by atoms with Crippen LogP contribution in [0.5, 0.6) is 0 Å². The lowest BCUT2D eigenvalue weighted by Gasteiger charge is -2.01. The van der Waals surface area contributed by atoms with E-state index >= 15 is 0 Å². The Morgan fingerprint density at radius 1 is 1.44 bits per heavy atom. The maximum Gasteiger partial charge on any atom is 0.170 e. The second kappa shape index (κ2) is 4.50. The van der Waals surface area contributed by atoms with E-state index < -0.39 is 0 Å². The maximum atomic E-state index is 5.88. The molecule has 92 valence electrons. The number of nitrogen functional groups attached to an aromatic ring is 1. The van der Waals surface area contributed by atoms with Gasteiger partial charge >= 0.3 is 0 Å². The van der Waals surface area contributed by atoms with Gasteiger partial charge in [-0.1, -0.05) is 11.8 Å². The molecule has 0 saturated carbocycles. The number of fused-ring (bicyclic) bond motifs is 1. The van der Waals surface area contributed by atoms with Gasteiger partial charge in [-0.25, -0.2) is 15.0 Å². The summed E-state index contributed by atoms with van der Waals surface area (Å²) < 4.78 is 6.52. The SMILES string of the molecule is Cn1ncc2c(N)nc(CSc3ncns3)nc21. The summed E-state index contributed by atoms with van der Waals surface area (Å²) in [5.41, 5.74) is 6.63. The zero-order valence-electron chi connectivity index (χ0n) is 9.44. The van der Waals surface area contributed by atoms with Crippen LogP contribution in [0.25, 0.3) is 11.0 Å². The van der Waals surface area contributed by atoms with E-state index in [2.05, 4.69) is 24.4 Å². The van der Waals surface area contributed by atoms with Crippen LogP contribution < -0.4 is 5.73 Å². The Balaban J connectivity index is 1.90. The fourth-order valence-corrected chi connectivity index (χ4v) is 2.81. The zero-order valence-corrected chi connectivity index (χ0v) is 11.1. The summed E-state index contributed by atoms with van der Waals surface area (Å²) >= 11 is 2.89. The van der Waals surface area contributed by atoms with Gasteiger partial charge in [-0.3, -0.25) is 4.68 Å². The van der Waals surface area contributed by atoms with Gasteiger partial charge in [0.25, 0.3) is 0 Å². The van der Waals surface area contributed by atoms with E-state index in [9.17, 15) is 0 Å². The van der Waals surface area contributed by atoms with Crippen LogP contribution in [0.1, 0.15) is 5.82 Å². The number of hydrogen-bond donors (Lipinski definition) is 1. The molecule has 0 unspecified atom stereocenters. The van der Waals surface area contributed by atoms with Gasteiger partial charge in [0.05, 0.1) is 17.3 Å². The molecule has 3 rings (SSSR count). The summed E-state index contributed by atoms with van der Waals surface area (Å²) in [6.45, 7) is 0. The molecule has 18 heavy (non-hydrogen) atoms. The Hall–Kier alpha value is -1.74. The molecule has 0 atom stereocenters. The topological polar surface area (TPSA) is 95.4 Å². The molecule has 9 heteroatoms. The molecule has 0 radical (unpaired) electrons. The summed E-state index contributed by atoms with van der Waals surface area (Å²) in [5, 5.41) is 4.89. The van der Waals surface area contributed by atoms with Crippen LogP contribution in [-0.4, -0.2) is 29.1 Å². The van der Waals surface area contributed by atoms with Crippen LogP contribution in [0.4, 0.5) is 5.82 Å². The van der Waals surface area contributed by atoms with Crippen LogP contribution in [0.15, 0.2) is 16.9 Å². The van der Waals surface area contributed by atoms with E-state index in [0.29, 0.717) is 17.4 Å². The highest BCUT2D eigenvalue weighted by molar-refractivity contribution is 8.00. The smallest absolute Gasteiger partial charge is 0.170 e. The van der Waals surface area contributed by atoms with E-state index in [1.807, 2.05) is 7.05 Å². The summed E-state index contributed by atoms with van der Waals surface area (Å²) in [6, 6.07) is 0. The van der Waals surface area contributed by atoms with Crippen LogP contribution in [0.2, 0.25) is 0 Å². The molecule has 3 aromatic heterocycles. The molecule has 3 aromatic rings. The highest BCUT2D eigenvalue weighted by Crippen LogP contribution is 2.23. The lowest BCUT2D eigenvalue weighted by molar-refractivity contribution is 0.782. The molecule has 0 saturated heterocycles. The quantitative estimate of drug-likeness (QED) is 0.717. The van der Waals surface area contributed by atoms with Crippen molar-refractivity contribution in [3.8, 4) is 0 Å². The number of nitrogens with zero attached hydrogens (tertiary/aromatic N) is 6. The lowest BCUT2D eigenvalue weighted by atomic mass is 10.4. The van der Waals surface area contributed by atoms with Crippen molar-refractivity contribution in [1.82, 2.24) is 29.1 Å². The molecule has 0 spiro atoms. The van der Waals surface area contributed by atoms with Crippen molar-refractivity contribution < 1.29 is 0 Å². The normalized spacial score (nSPS) is 11.2. The zero-order chi connectivity index (χ0) is 12.5. The monoisotopic (exact) mass is 279 g/mol. The van der Waals surface area contributed by atoms with E-state index in [1.54, 1.807) is 22.6 Å². The number of thioether (sulfide) groups is 1.